The molecule has 6 nitrogen and oxygen atoms in total. The molecule has 0 saturated carbocycles. The van der Waals surface area contributed by atoms with E-state index in [0.717, 1.165) is 6.92 Å². The molecule has 1 aromatic carbocycles. The van der Waals surface area contributed by atoms with Crippen molar-refractivity contribution in [1.29, 1.82) is 0 Å². The maximum Gasteiger partial charge on any atom is 0.308 e. The monoisotopic (exact) mass is 384 g/mol. The molecule has 1 aliphatic carbocycles. The van der Waals surface area contributed by atoms with Gasteiger partial charge in [0.1, 0.15) is 0 Å². The van der Waals surface area contributed by atoms with Crippen molar-refractivity contribution >= 4 is 23.3 Å². The molecule has 1 N–H and O–H groups in total. The summed E-state index contributed by atoms with van der Waals surface area (Å²) < 4.78 is 5.09. The molecule has 0 radical (unpaired) electrons. The van der Waals surface area contributed by atoms with Crippen molar-refractivity contribution in [2.45, 2.75) is 47.1 Å². The van der Waals surface area contributed by atoms with Crippen LogP contribution in [0.2, 0.25) is 0 Å². The average Bonchev–Trinajstić information content (AvgIpc) is 2.55. The number of aliphatic hydroxyl groups is 1. The quantitative estimate of drug-likeness (QED) is 0.475. The lowest BCUT2D eigenvalue weighted by Crippen LogP contribution is -2.29. The van der Waals surface area contributed by atoms with Crippen molar-refractivity contribution in [3.05, 3.63) is 57.9 Å². The molecule has 2 rings (SSSR count). The van der Waals surface area contributed by atoms with E-state index in [1.54, 1.807) is 26.8 Å². The fourth-order valence-electron chi connectivity index (χ4n) is 3.07. The minimum atomic E-state index is -1.22. The van der Waals surface area contributed by atoms with Gasteiger partial charge in [-0.15, -0.1) is 0 Å². The summed E-state index contributed by atoms with van der Waals surface area (Å²) in [7, 11) is 0. The Hall–Kier alpha value is -2.86. The molecule has 0 bridgehead atoms. The van der Waals surface area contributed by atoms with Crippen LogP contribution >= 0.6 is 0 Å². The second-order valence-corrected chi connectivity index (χ2v) is 7.68. The van der Waals surface area contributed by atoms with E-state index < -0.39 is 28.9 Å². The number of hydrogen-bond acceptors (Lipinski definition) is 6. The molecule has 148 valence electrons. The number of allylic oxidation sites excluding steroid dienone is 3. The molecule has 0 unspecified atom stereocenters. The third-order valence-electron chi connectivity index (χ3n) is 4.29. The number of fused-ring (bicyclic) bond motifs is 1. The Kier molecular flexibility index (Phi) is 5.85. The summed E-state index contributed by atoms with van der Waals surface area (Å²) in [6.07, 6.45) is 2.49. The fourth-order valence-corrected chi connectivity index (χ4v) is 3.07. The highest BCUT2D eigenvalue weighted by molar-refractivity contribution is 6.30. The zero-order valence-corrected chi connectivity index (χ0v) is 16.9. The van der Waals surface area contributed by atoms with Gasteiger partial charge in [-0.05, 0) is 50.5 Å². The minimum absolute atomic E-state index is 0.0591. The highest BCUT2D eigenvalue weighted by Gasteiger charge is 2.38. The molecule has 1 aromatic rings. The first-order chi connectivity index (χ1) is 12.8. The van der Waals surface area contributed by atoms with E-state index in [4.69, 9.17) is 4.74 Å². The molecule has 0 atom stereocenters. The number of carbonyl (C=O) groups excluding carboxylic acids is 4. The van der Waals surface area contributed by atoms with Crippen molar-refractivity contribution in [3.8, 4) is 0 Å². The van der Waals surface area contributed by atoms with E-state index in [1.807, 2.05) is 0 Å². The van der Waals surface area contributed by atoms with Crippen molar-refractivity contribution in [1.82, 2.24) is 0 Å². The molecule has 0 saturated heterocycles. The Morgan fingerprint density at radius 1 is 1.14 bits per heavy atom. The van der Waals surface area contributed by atoms with Crippen LogP contribution in [0.15, 0.2) is 35.6 Å². The highest BCUT2D eigenvalue weighted by Crippen LogP contribution is 2.34. The van der Waals surface area contributed by atoms with Crippen LogP contribution in [0, 0.1) is 12.8 Å². The van der Waals surface area contributed by atoms with Crippen LogP contribution in [0.25, 0.3) is 0 Å². The lowest BCUT2D eigenvalue weighted by Gasteiger charge is -2.24. The molecule has 0 amide bonds. The van der Waals surface area contributed by atoms with E-state index in [0.29, 0.717) is 5.56 Å². The minimum Gasteiger partial charge on any atom is -0.422 e. The molecule has 1 aliphatic rings. The summed E-state index contributed by atoms with van der Waals surface area (Å²) in [5.74, 6) is -3.04. The summed E-state index contributed by atoms with van der Waals surface area (Å²) >= 11 is 0. The van der Waals surface area contributed by atoms with Crippen LogP contribution in [-0.4, -0.2) is 34.0 Å². The normalized spacial score (nSPS) is 14.7. The lowest BCUT2D eigenvalue weighted by atomic mass is 9.79. The number of Topliss-reactive ketones (excluding diaryl/α,β-unsaturated/α-hetero) is 2. The van der Waals surface area contributed by atoms with Gasteiger partial charge in [0.05, 0.1) is 5.60 Å². The Balaban J connectivity index is 2.74. The summed E-state index contributed by atoms with van der Waals surface area (Å²) in [5, 5.41) is 9.83. The third kappa shape index (κ3) is 4.17. The zero-order valence-electron chi connectivity index (χ0n) is 16.9. The Labute approximate surface area is 163 Å². The van der Waals surface area contributed by atoms with E-state index >= 15 is 0 Å². The molecule has 6 heteroatoms. The lowest BCUT2D eigenvalue weighted by molar-refractivity contribution is -0.136. The van der Waals surface area contributed by atoms with Gasteiger partial charge in [-0.3, -0.25) is 19.2 Å². The van der Waals surface area contributed by atoms with Gasteiger partial charge in [-0.25, -0.2) is 0 Å². The van der Waals surface area contributed by atoms with Gasteiger partial charge in [-0.1, -0.05) is 19.9 Å². The molecular weight excluding hydrogens is 360 g/mol. The first-order valence-electron chi connectivity index (χ1n) is 8.96. The first kappa shape index (κ1) is 21.4. The molecule has 0 heterocycles. The Bertz CT molecular complexity index is 939. The van der Waals surface area contributed by atoms with Gasteiger partial charge >= 0.3 is 5.97 Å². The van der Waals surface area contributed by atoms with Gasteiger partial charge in [0.2, 0.25) is 5.78 Å². The maximum absolute atomic E-state index is 13.2. The summed E-state index contributed by atoms with van der Waals surface area (Å²) in [6.45, 7) is 9.26. The number of aryl methyl sites for hydroxylation is 1. The fraction of sp³-hybridized carbons (Fsp3) is 0.364. The molecular formula is C22H24O6. The van der Waals surface area contributed by atoms with Crippen molar-refractivity contribution in [3.63, 3.8) is 0 Å². The predicted molar refractivity (Wildman–Crippen MR) is 103 cm³/mol. The average molecular weight is 384 g/mol. The van der Waals surface area contributed by atoms with Crippen LogP contribution in [0.5, 0.6) is 0 Å². The van der Waals surface area contributed by atoms with Crippen LogP contribution in [0.4, 0.5) is 0 Å². The van der Waals surface area contributed by atoms with E-state index in [9.17, 15) is 24.3 Å². The second-order valence-electron chi connectivity index (χ2n) is 7.68. The topological polar surface area (TPSA) is 97.7 Å². The number of benzene rings is 1. The summed E-state index contributed by atoms with van der Waals surface area (Å²) in [4.78, 5) is 50.5. The van der Waals surface area contributed by atoms with Gasteiger partial charge in [0, 0.05) is 29.2 Å². The standard InChI is InChI=1S/C22H24O6/c1-11(2)16-19(25)14-8-7-12(3)17(15(24)9-10-22(5,6)27)18(14)20(26)21(16)28-13(4)23/h7-11,27H,1-6H3/b10-9+. The highest BCUT2D eigenvalue weighted by atomic mass is 16.5. The summed E-state index contributed by atoms with van der Waals surface area (Å²) in [6, 6.07) is 3.11. The Morgan fingerprint density at radius 3 is 2.25 bits per heavy atom. The number of carbonyl (C=O) groups is 4. The van der Waals surface area contributed by atoms with E-state index in [2.05, 4.69) is 0 Å². The molecule has 28 heavy (non-hydrogen) atoms. The van der Waals surface area contributed by atoms with E-state index in [1.165, 1.54) is 32.1 Å². The molecule has 0 fully saturated rings. The zero-order chi connectivity index (χ0) is 21.4. The van der Waals surface area contributed by atoms with Crippen LogP contribution in [-0.2, 0) is 9.53 Å². The number of rotatable bonds is 5. The van der Waals surface area contributed by atoms with Gasteiger partial charge in [0.25, 0.3) is 0 Å². The van der Waals surface area contributed by atoms with Gasteiger partial charge in [0.15, 0.2) is 17.3 Å². The summed E-state index contributed by atoms with van der Waals surface area (Å²) in [5.41, 5.74) is -0.510. The van der Waals surface area contributed by atoms with Crippen LogP contribution < -0.4 is 0 Å². The maximum atomic E-state index is 13.2. The largest absolute Gasteiger partial charge is 0.422 e. The van der Waals surface area contributed by atoms with Crippen molar-refractivity contribution in [2.75, 3.05) is 0 Å². The predicted octanol–water partition coefficient (Wildman–Crippen LogP) is 3.36. The number of esters is 1. The Morgan fingerprint density at radius 2 is 1.75 bits per heavy atom. The second kappa shape index (κ2) is 7.64. The smallest absolute Gasteiger partial charge is 0.308 e. The molecule has 0 spiro atoms. The SMILES string of the molecule is CC(=O)OC1=C(C(C)C)C(=O)c2ccc(C)c(C(=O)/C=C/C(C)(C)O)c2C1=O. The van der Waals surface area contributed by atoms with Crippen LogP contribution in [0.1, 0.15) is 71.3 Å². The molecule has 0 aromatic heterocycles. The van der Waals surface area contributed by atoms with Gasteiger partial charge < -0.3 is 9.84 Å². The third-order valence-corrected chi connectivity index (χ3v) is 4.29. The first-order valence-corrected chi connectivity index (χ1v) is 8.96. The van der Waals surface area contributed by atoms with Gasteiger partial charge in [-0.2, -0.15) is 0 Å². The van der Waals surface area contributed by atoms with Crippen molar-refractivity contribution in [2.24, 2.45) is 5.92 Å². The number of ether oxygens (including phenoxy) is 1. The van der Waals surface area contributed by atoms with Crippen molar-refractivity contribution < 1.29 is 29.0 Å². The van der Waals surface area contributed by atoms with E-state index in [-0.39, 0.29) is 33.9 Å². The number of ketones is 3. The van der Waals surface area contributed by atoms with Crippen LogP contribution in [0.3, 0.4) is 0 Å². The number of hydrogen-bond donors (Lipinski definition) is 1. The molecule has 0 aliphatic heterocycles.